The van der Waals surface area contributed by atoms with Gasteiger partial charge >= 0.3 is 0 Å². The van der Waals surface area contributed by atoms with E-state index >= 15 is 0 Å². The Morgan fingerprint density at radius 1 is 1.16 bits per heavy atom. The van der Waals surface area contributed by atoms with E-state index in [2.05, 4.69) is 10.2 Å². The molecule has 0 unspecified atom stereocenters. The monoisotopic (exact) mass is 350 g/mol. The second kappa shape index (κ2) is 9.48. The van der Waals surface area contributed by atoms with E-state index < -0.39 is 11.9 Å². The molecule has 6 nitrogen and oxygen atoms in total. The molecule has 1 aliphatic rings. The van der Waals surface area contributed by atoms with Crippen LogP contribution in [-0.4, -0.2) is 67.4 Å². The molecule has 1 atom stereocenters. The van der Waals surface area contributed by atoms with Gasteiger partial charge in [0, 0.05) is 31.7 Å². The molecule has 2 rings (SSSR count). The van der Waals surface area contributed by atoms with Crippen LogP contribution in [0.4, 0.5) is 4.39 Å². The summed E-state index contributed by atoms with van der Waals surface area (Å²) >= 11 is 0. The first-order valence-electron chi connectivity index (χ1n) is 8.75. The lowest BCUT2D eigenvalue weighted by Gasteiger charge is -2.34. The number of benzene rings is 1. The minimum absolute atomic E-state index is 0.0550. The number of hydrogen-bond donors (Lipinski definition) is 2. The number of carbonyl (C=O) groups is 2. The zero-order valence-electron chi connectivity index (χ0n) is 14.7. The third-order valence-electron chi connectivity index (χ3n) is 4.47. The van der Waals surface area contributed by atoms with Crippen molar-refractivity contribution in [1.29, 1.82) is 0 Å². The molecule has 1 saturated heterocycles. The van der Waals surface area contributed by atoms with Gasteiger partial charge in [-0.2, -0.15) is 0 Å². The van der Waals surface area contributed by atoms with Gasteiger partial charge in [-0.3, -0.25) is 9.59 Å². The topological polar surface area (TPSA) is 78.7 Å². The van der Waals surface area contributed by atoms with Crippen LogP contribution < -0.4 is 11.1 Å². The molecule has 1 aromatic carbocycles. The van der Waals surface area contributed by atoms with Crippen LogP contribution in [0.15, 0.2) is 24.3 Å². The Kier molecular flexibility index (Phi) is 7.33. The Balaban J connectivity index is 2.02. The molecule has 7 heteroatoms. The molecule has 1 heterocycles. The average molecular weight is 350 g/mol. The molecule has 0 aromatic heterocycles. The summed E-state index contributed by atoms with van der Waals surface area (Å²) in [4.78, 5) is 29.2. The number of nitrogens with zero attached hydrogens (tertiary/aromatic N) is 2. The first-order valence-corrected chi connectivity index (χ1v) is 8.75. The summed E-state index contributed by atoms with van der Waals surface area (Å²) in [5, 5.41) is 2.81. The van der Waals surface area contributed by atoms with Crippen molar-refractivity contribution in [3.05, 3.63) is 35.6 Å². The highest BCUT2D eigenvalue weighted by molar-refractivity contribution is 5.97. The number of likely N-dealkylation sites (N-methyl/N-ethyl adjacent to an activating group) is 1. The molecule has 0 radical (unpaired) electrons. The van der Waals surface area contributed by atoms with Crippen molar-refractivity contribution in [3.63, 3.8) is 0 Å². The summed E-state index contributed by atoms with van der Waals surface area (Å²) in [6.45, 7) is 3.53. The second-order valence-corrected chi connectivity index (χ2v) is 6.45. The smallest absolute Gasteiger partial charge is 0.251 e. The van der Waals surface area contributed by atoms with E-state index in [1.54, 1.807) is 4.90 Å². The number of nitrogens with one attached hydrogen (secondary N) is 1. The van der Waals surface area contributed by atoms with E-state index in [-0.39, 0.29) is 11.8 Å². The summed E-state index contributed by atoms with van der Waals surface area (Å²) in [6, 6.07) is 4.73. The Morgan fingerprint density at radius 2 is 1.80 bits per heavy atom. The number of rotatable bonds is 7. The number of unbranched alkanes of at least 4 members (excludes halogenated alkanes) is 1. The minimum Gasteiger partial charge on any atom is -0.340 e. The molecule has 0 bridgehead atoms. The van der Waals surface area contributed by atoms with Crippen molar-refractivity contribution >= 4 is 11.8 Å². The van der Waals surface area contributed by atoms with Crippen molar-refractivity contribution in [2.24, 2.45) is 5.73 Å². The lowest BCUT2D eigenvalue weighted by molar-refractivity contribution is -0.135. The predicted octanol–water partition coefficient (Wildman–Crippen LogP) is 0.827. The van der Waals surface area contributed by atoms with Crippen molar-refractivity contribution in [3.8, 4) is 0 Å². The van der Waals surface area contributed by atoms with E-state index in [0.29, 0.717) is 31.6 Å². The van der Waals surface area contributed by atoms with E-state index in [4.69, 9.17) is 5.73 Å². The fraction of sp³-hybridized carbons (Fsp3) is 0.556. The molecule has 1 aromatic rings. The van der Waals surface area contributed by atoms with Gasteiger partial charge in [-0.1, -0.05) is 0 Å². The number of piperazine rings is 1. The van der Waals surface area contributed by atoms with Crippen LogP contribution in [0.2, 0.25) is 0 Å². The van der Waals surface area contributed by atoms with Crippen molar-refractivity contribution in [1.82, 2.24) is 15.1 Å². The van der Waals surface area contributed by atoms with Crippen LogP contribution in [0.3, 0.4) is 0 Å². The molecular formula is C18H27FN4O2. The maximum atomic E-state index is 13.0. The number of carbonyl (C=O) groups excluding carboxylic acids is 2. The van der Waals surface area contributed by atoms with Crippen LogP contribution in [0.25, 0.3) is 0 Å². The highest BCUT2D eigenvalue weighted by Gasteiger charge is 2.27. The van der Waals surface area contributed by atoms with Crippen LogP contribution in [0.1, 0.15) is 29.6 Å². The Morgan fingerprint density at radius 3 is 2.40 bits per heavy atom. The van der Waals surface area contributed by atoms with Gasteiger partial charge in [0.1, 0.15) is 11.9 Å². The lowest BCUT2D eigenvalue weighted by atomic mass is 10.1. The average Bonchev–Trinajstić information content (AvgIpc) is 2.61. The molecule has 25 heavy (non-hydrogen) atoms. The number of hydrogen-bond acceptors (Lipinski definition) is 4. The van der Waals surface area contributed by atoms with Gasteiger partial charge in [0.05, 0.1) is 0 Å². The van der Waals surface area contributed by atoms with E-state index in [0.717, 1.165) is 25.9 Å². The largest absolute Gasteiger partial charge is 0.340 e. The zero-order valence-corrected chi connectivity index (χ0v) is 14.7. The molecule has 2 amide bonds. The Labute approximate surface area is 148 Å². The molecule has 1 fully saturated rings. The standard InChI is InChI=1S/C18H27FN4O2/c1-22-10-12-23(13-11-22)18(25)16(4-2-3-9-20)21-17(24)14-5-7-15(19)8-6-14/h5-8,16H,2-4,9-13,20H2,1H3,(H,21,24)/t16-/m0/s1. The van der Waals surface area contributed by atoms with Crippen molar-refractivity contribution in [2.45, 2.75) is 25.3 Å². The van der Waals surface area contributed by atoms with E-state index in [1.165, 1.54) is 24.3 Å². The highest BCUT2D eigenvalue weighted by Crippen LogP contribution is 2.10. The van der Waals surface area contributed by atoms with Gasteiger partial charge in [0.15, 0.2) is 0 Å². The molecule has 0 spiro atoms. The third kappa shape index (κ3) is 5.79. The van der Waals surface area contributed by atoms with Crippen molar-refractivity contribution < 1.29 is 14.0 Å². The molecule has 0 saturated carbocycles. The first kappa shape index (κ1) is 19.3. The molecular weight excluding hydrogens is 323 g/mol. The summed E-state index contributed by atoms with van der Waals surface area (Å²) in [7, 11) is 2.02. The summed E-state index contributed by atoms with van der Waals surface area (Å²) in [6.07, 6.45) is 2.12. The maximum Gasteiger partial charge on any atom is 0.251 e. The zero-order chi connectivity index (χ0) is 18.2. The van der Waals surface area contributed by atoms with Gasteiger partial charge < -0.3 is 20.9 Å². The summed E-state index contributed by atoms with van der Waals surface area (Å²) < 4.78 is 13.0. The molecule has 138 valence electrons. The third-order valence-corrected chi connectivity index (χ3v) is 4.47. The normalized spacial score (nSPS) is 16.5. The van der Waals surface area contributed by atoms with Gasteiger partial charge in [0.25, 0.3) is 5.91 Å². The van der Waals surface area contributed by atoms with Gasteiger partial charge in [-0.15, -0.1) is 0 Å². The maximum absolute atomic E-state index is 13.0. The SMILES string of the molecule is CN1CCN(C(=O)[C@H](CCCCN)NC(=O)c2ccc(F)cc2)CC1. The predicted molar refractivity (Wildman–Crippen MR) is 94.6 cm³/mol. The quantitative estimate of drug-likeness (QED) is 0.714. The lowest BCUT2D eigenvalue weighted by Crippen LogP contribution is -2.54. The van der Waals surface area contributed by atoms with E-state index in [1.807, 2.05) is 7.05 Å². The first-order chi connectivity index (χ1) is 12.0. The fourth-order valence-corrected chi connectivity index (χ4v) is 2.84. The number of nitrogens with two attached hydrogens (primary N) is 1. The van der Waals surface area contributed by atoms with Gasteiger partial charge in [-0.05, 0) is 57.1 Å². The molecule has 0 aliphatic carbocycles. The van der Waals surface area contributed by atoms with Gasteiger partial charge in [-0.25, -0.2) is 4.39 Å². The second-order valence-electron chi connectivity index (χ2n) is 6.45. The highest BCUT2D eigenvalue weighted by atomic mass is 19.1. The number of amides is 2. The van der Waals surface area contributed by atoms with Gasteiger partial charge in [0.2, 0.25) is 5.91 Å². The molecule has 3 N–H and O–H groups in total. The summed E-state index contributed by atoms with van der Waals surface area (Å²) in [5.74, 6) is -0.814. The minimum atomic E-state index is -0.576. The Hall–Kier alpha value is -1.99. The van der Waals surface area contributed by atoms with Crippen LogP contribution in [0, 0.1) is 5.82 Å². The van der Waals surface area contributed by atoms with Crippen LogP contribution in [0.5, 0.6) is 0 Å². The van der Waals surface area contributed by atoms with Crippen LogP contribution in [-0.2, 0) is 4.79 Å². The summed E-state index contributed by atoms with van der Waals surface area (Å²) in [5.41, 5.74) is 5.88. The Bertz CT molecular complexity index is 571. The van der Waals surface area contributed by atoms with E-state index in [9.17, 15) is 14.0 Å². The fourth-order valence-electron chi connectivity index (χ4n) is 2.84. The number of halogens is 1. The molecule has 1 aliphatic heterocycles. The van der Waals surface area contributed by atoms with Crippen molar-refractivity contribution in [2.75, 3.05) is 39.8 Å². The van der Waals surface area contributed by atoms with Crippen LogP contribution >= 0.6 is 0 Å².